The fourth-order valence-corrected chi connectivity index (χ4v) is 1.48. The first kappa shape index (κ1) is 9.85. The van der Waals surface area contributed by atoms with Crippen LogP contribution in [-0.2, 0) is 4.79 Å². The molecule has 13 heavy (non-hydrogen) atoms. The second-order valence-corrected chi connectivity index (χ2v) is 3.83. The molecular formula is C8H10N2O2S. The van der Waals surface area contributed by atoms with Crippen LogP contribution in [0.2, 0.25) is 0 Å². The van der Waals surface area contributed by atoms with Crippen molar-refractivity contribution < 1.29 is 9.90 Å². The van der Waals surface area contributed by atoms with Crippen LogP contribution in [0.5, 0.6) is 0 Å². The average Bonchev–Trinajstić information content (AvgIpc) is 2.08. The summed E-state index contributed by atoms with van der Waals surface area (Å²) in [5.41, 5.74) is 6.11. The Hall–Kier alpha value is -1.23. The number of rotatable bonds is 3. The number of hydrogen-bond donors (Lipinski definition) is 2. The Morgan fingerprint density at radius 1 is 1.77 bits per heavy atom. The zero-order valence-electron chi connectivity index (χ0n) is 7.10. The van der Waals surface area contributed by atoms with Crippen LogP contribution in [0.15, 0.2) is 23.4 Å². The zero-order chi connectivity index (χ0) is 9.84. The number of nitrogens with zero attached hydrogens (tertiary/aromatic N) is 1. The summed E-state index contributed by atoms with van der Waals surface area (Å²) < 4.78 is 0. The summed E-state index contributed by atoms with van der Waals surface area (Å²) in [7, 11) is 0. The van der Waals surface area contributed by atoms with Crippen molar-refractivity contribution in [1.82, 2.24) is 4.98 Å². The van der Waals surface area contributed by atoms with Gasteiger partial charge in [0.05, 0.1) is 5.69 Å². The van der Waals surface area contributed by atoms with Crippen LogP contribution in [-0.4, -0.2) is 21.3 Å². The molecule has 3 N–H and O–H groups in total. The number of carboxylic acid groups (broad SMARTS) is 1. The molecular weight excluding hydrogens is 188 g/mol. The Morgan fingerprint density at radius 2 is 2.46 bits per heavy atom. The molecule has 0 bridgehead atoms. The monoisotopic (exact) mass is 198 g/mol. The molecule has 0 fully saturated rings. The minimum Gasteiger partial charge on any atom is -0.480 e. The van der Waals surface area contributed by atoms with Gasteiger partial charge in [0, 0.05) is 6.20 Å². The van der Waals surface area contributed by atoms with Crippen molar-refractivity contribution >= 4 is 23.4 Å². The predicted molar refractivity (Wildman–Crippen MR) is 51.6 cm³/mol. The van der Waals surface area contributed by atoms with Gasteiger partial charge in [0.15, 0.2) is 0 Å². The Bertz CT molecular complexity index is 317. The van der Waals surface area contributed by atoms with Crippen LogP contribution in [0.3, 0.4) is 0 Å². The Labute approximate surface area is 80.2 Å². The number of pyridine rings is 1. The highest BCUT2D eigenvalue weighted by Gasteiger charge is 2.14. The predicted octanol–water partition coefficient (Wildman–Crippen LogP) is 1.23. The third-order valence-electron chi connectivity index (χ3n) is 1.44. The molecule has 1 atom stereocenters. The molecule has 1 unspecified atom stereocenters. The van der Waals surface area contributed by atoms with E-state index in [1.807, 2.05) is 0 Å². The Kier molecular flexibility index (Phi) is 3.13. The molecule has 0 radical (unpaired) electrons. The largest absolute Gasteiger partial charge is 0.480 e. The highest BCUT2D eigenvalue weighted by Crippen LogP contribution is 2.25. The van der Waals surface area contributed by atoms with E-state index >= 15 is 0 Å². The third-order valence-corrected chi connectivity index (χ3v) is 2.56. The van der Waals surface area contributed by atoms with Crippen molar-refractivity contribution in [3.63, 3.8) is 0 Å². The van der Waals surface area contributed by atoms with Crippen LogP contribution in [0.1, 0.15) is 6.92 Å². The van der Waals surface area contributed by atoms with E-state index in [-0.39, 0.29) is 0 Å². The van der Waals surface area contributed by atoms with Gasteiger partial charge in [-0.3, -0.25) is 4.79 Å². The van der Waals surface area contributed by atoms with Crippen molar-refractivity contribution in [3.05, 3.63) is 18.3 Å². The van der Waals surface area contributed by atoms with Gasteiger partial charge in [-0.25, -0.2) is 4.98 Å². The number of carbonyl (C=O) groups is 1. The number of nitrogen functional groups attached to an aromatic ring is 1. The summed E-state index contributed by atoms with van der Waals surface area (Å²) >= 11 is 1.14. The van der Waals surface area contributed by atoms with Crippen LogP contribution >= 0.6 is 11.8 Å². The highest BCUT2D eigenvalue weighted by atomic mass is 32.2. The van der Waals surface area contributed by atoms with Gasteiger partial charge < -0.3 is 10.8 Å². The van der Waals surface area contributed by atoms with E-state index in [1.165, 1.54) is 0 Å². The molecule has 1 aromatic heterocycles. The van der Waals surface area contributed by atoms with Gasteiger partial charge in [0.25, 0.3) is 0 Å². The fourth-order valence-electron chi connectivity index (χ4n) is 0.720. The van der Waals surface area contributed by atoms with Crippen LogP contribution in [0.25, 0.3) is 0 Å². The van der Waals surface area contributed by atoms with Crippen molar-refractivity contribution in [2.24, 2.45) is 0 Å². The van der Waals surface area contributed by atoms with Crippen LogP contribution < -0.4 is 5.73 Å². The van der Waals surface area contributed by atoms with Gasteiger partial charge in [0.2, 0.25) is 0 Å². The van der Waals surface area contributed by atoms with Crippen molar-refractivity contribution in [3.8, 4) is 0 Å². The lowest BCUT2D eigenvalue weighted by Crippen LogP contribution is -2.11. The summed E-state index contributed by atoms with van der Waals surface area (Å²) in [5.74, 6) is -0.866. The van der Waals surface area contributed by atoms with E-state index in [2.05, 4.69) is 4.98 Å². The summed E-state index contributed by atoms with van der Waals surface area (Å²) in [5, 5.41) is 8.68. The standard InChI is InChI=1S/C8H10N2O2S/c1-5(8(11)12)13-7-6(9)3-2-4-10-7/h2-5H,9H2,1H3,(H,11,12). The van der Waals surface area contributed by atoms with E-state index in [4.69, 9.17) is 10.8 Å². The maximum absolute atomic E-state index is 10.5. The van der Waals surface area contributed by atoms with Crippen molar-refractivity contribution in [2.45, 2.75) is 17.2 Å². The molecule has 4 nitrogen and oxygen atoms in total. The molecule has 1 aromatic rings. The first-order valence-electron chi connectivity index (χ1n) is 3.71. The fraction of sp³-hybridized carbons (Fsp3) is 0.250. The van der Waals surface area contributed by atoms with E-state index in [9.17, 15) is 4.79 Å². The smallest absolute Gasteiger partial charge is 0.316 e. The normalized spacial score (nSPS) is 12.4. The number of nitrogens with two attached hydrogens (primary N) is 1. The van der Waals surface area contributed by atoms with Gasteiger partial charge in [-0.05, 0) is 19.1 Å². The molecule has 0 aliphatic rings. The number of hydrogen-bond acceptors (Lipinski definition) is 4. The van der Waals surface area contributed by atoms with Gasteiger partial charge in [-0.15, -0.1) is 0 Å². The quantitative estimate of drug-likeness (QED) is 0.714. The van der Waals surface area contributed by atoms with E-state index in [1.54, 1.807) is 25.3 Å². The molecule has 1 heterocycles. The minimum atomic E-state index is -0.866. The molecule has 0 amide bonds. The number of aromatic nitrogens is 1. The highest BCUT2D eigenvalue weighted by molar-refractivity contribution is 8.00. The minimum absolute atomic E-state index is 0.514. The number of carboxylic acids is 1. The second-order valence-electron chi connectivity index (χ2n) is 2.50. The molecule has 70 valence electrons. The first-order valence-corrected chi connectivity index (χ1v) is 4.59. The van der Waals surface area contributed by atoms with Crippen LogP contribution in [0.4, 0.5) is 5.69 Å². The number of aliphatic carboxylic acids is 1. The second kappa shape index (κ2) is 4.13. The van der Waals surface area contributed by atoms with Crippen molar-refractivity contribution in [1.29, 1.82) is 0 Å². The number of anilines is 1. The van der Waals surface area contributed by atoms with Crippen molar-refractivity contribution in [2.75, 3.05) is 5.73 Å². The van der Waals surface area contributed by atoms with Gasteiger partial charge in [-0.2, -0.15) is 0 Å². The molecule has 0 aromatic carbocycles. The summed E-state index contributed by atoms with van der Waals surface area (Å²) in [6.45, 7) is 1.60. The molecule has 5 heteroatoms. The Balaban J connectivity index is 2.74. The summed E-state index contributed by atoms with van der Waals surface area (Å²) in [6, 6.07) is 3.41. The lowest BCUT2D eigenvalue weighted by molar-refractivity contribution is -0.136. The summed E-state index contributed by atoms with van der Waals surface area (Å²) in [6.07, 6.45) is 1.59. The van der Waals surface area contributed by atoms with Gasteiger partial charge >= 0.3 is 5.97 Å². The molecule has 0 aliphatic heterocycles. The van der Waals surface area contributed by atoms with Gasteiger partial charge in [0.1, 0.15) is 10.3 Å². The SMILES string of the molecule is CC(Sc1ncccc1N)C(=O)O. The van der Waals surface area contributed by atoms with E-state index in [0.29, 0.717) is 10.7 Å². The molecule has 1 rings (SSSR count). The van der Waals surface area contributed by atoms with E-state index < -0.39 is 11.2 Å². The molecule has 0 spiro atoms. The lowest BCUT2D eigenvalue weighted by atomic mass is 10.4. The van der Waals surface area contributed by atoms with Crippen LogP contribution in [0, 0.1) is 0 Å². The zero-order valence-corrected chi connectivity index (χ0v) is 7.91. The maximum Gasteiger partial charge on any atom is 0.316 e. The molecule has 0 saturated heterocycles. The molecule has 0 saturated carbocycles. The summed E-state index contributed by atoms with van der Waals surface area (Å²) in [4.78, 5) is 14.5. The molecule has 0 aliphatic carbocycles. The average molecular weight is 198 g/mol. The lowest BCUT2D eigenvalue weighted by Gasteiger charge is -2.06. The Morgan fingerprint density at radius 3 is 3.00 bits per heavy atom. The topological polar surface area (TPSA) is 76.2 Å². The maximum atomic E-state index is 10.5. The third kappa shape index (κ3) is 2.62. The van der Waals surface area contributed by atoms with E-state index in [0.717, 1.165) is 11.8 Å². The van der Waals surface area contributed by atoms with Gasteiger partial charge in [-0.1, -0.05) is 11.8 Å². The number of thioether (sulfide) groups is 1. The first-order chi connectivity index (χ1) is 6.11.